The van der Waals surface area contributed by atoms with Crippen LogP contribution in [0.1, 0.15) is 48.9 Å². The lowest BCUT2D eigenvalue weighted by Crippen LogP contribution is -2.39. The summed E-state index contributed by atoms with van der Waals surface area (Å²) in [5.74, 6) is -0.507. The molecule has 4 heteroatoms. The highest BCUT2D eigenvalue weighted by Crippen LogP contribution is 2.45. The number of likely N-dealkylation sites (tertiary alicyclic amines) is 1. The summed E-state index contributed by atoms with van der Waals surface area (Å²) >= 11 is 0. The quantitative estimate of drug-likeness (QED) is 0.634. The predicted octanol–water partition coefficient (Wildman–Crippen LogP) is 3.73. The Labute approximate surface area is 146 Å². The van der Waals surface area contributed by atoms with E-state index < -0.39 is 5.41 Å². The van der Waals surface area contributed by atoms with E-state index in [1.165, 1.54) is 4.90 Å². The molecule has 1 saturated heterocycles. The Morgan fingerprint density at radius 1 is 0.960 bits per heavy atom. The Morgan fingerprint density at radius 2 is 1.68 bits per heavy atom. The van der Waals surface area contributed by atoms with Crippen LogP contribution in [0.2, 0.25) is 0 Å². The molecule has 1 heterocycles. The number of carbonyl (C=O) groups is 3. The lowest BCUT2D eigenvalue weighted by atomic mass is 9.73. The smallest absolute Gasteiger partial charge is 0.236 e. The minimum Gasteiger partial charge on any atom is -0.292 e. The van der Waals surface area contributed by atoms with Crippen LogP contribution in [0.4, 0.5) is 0 Å². The van der Waals surface area contributed by atoms with Crippen molar-refractivity contribution in [3.05, 3.63) is 48.0 Å². The molecule has 2 aromatic rings. The van der Waals surface area contributed by atoms with Gasteiger partial charge in [0.1, 0.15) is 0 Å². The molecule has 1 spiro atoms. The van der Waals surface area contributed by atoms with Gasteiger partial charge >= 0.3 is 0 Å². The fourth-order valence-electron chi connectivity index (χ4n) is 4.24. The first kappa shape index (κ1) is 16.0. The van der Waals surface area contributed by atoms with Crippen LogP contribution < -0.4 is 0 Å². The second-order valence-electron chi connectivity index (χ2n) is 7.29. The van der Waals surface area contributed by atoms with Crippen molar-refractivity contribution in [1.82, 2.24) is 4.90 Å². The Hall–Kier alpha value is -2.49. The van der Waals surface area contributed by atoms with Gasteiger partial charge in [0.05, 0.1) is 12.0 Å². The van der Waals surface area contributed by atoms with Crippen molar-refractivity contribution in [2.75, 3.05) is 6.54 Å². The van der Waals surface area contributed by atoms with Crippen molar-refractivity contribution in [2.24, 2.45) is 5.41 Å². The number of benzene rings is 2. The molecule has 0 aromatic heterocycles. The number of ketones is 1. The number of hydrogen-bond acceptors (Lipinski definition) is 3. The zero-order chi connectivity index (χ0) is 17.4. The highest BCUT2D eigenvalue weighted by atomic mass is 16.2. The maximum atomic E-state index is 12.8. The molecule has 128 valence electrons. The third kappa shape index (κ3) is 2.76. The molecule has 1 saturated carbocycles. The average molecular weight is 335 g/mol. The fraction of sp³-hybridized carbons (Fsp3) is 0.381. The summed E-state index contributed by atoms with van der Waals surface area (Å²) < 4.78 is 0. The number of rotatable bonds is 3. The number of hydrogen-bond donors (Lipinski definition) is 0. The van der Waals surface area contributed by atoms with E-state index in [0.717, 1.165) is 42.9 Å². The number of amides is 2. The molecule has 0 radical (unpaired) electrons. The Balaban J connectivity index is 1.55. The van der Waals surface area contributed by atoms with Crippen molar-refractivity contribution in [3.63, 3.8) is 0 Å². The van der Waals surface area contributed by atoms with Gasteiger partial charge in [-0.2, -0.15) is 0 Å². The van der Waals surface area contributed by atoms with E-state index in [4.69, 9.17) is 0 Å². The number of Topliss-reactive ketones (excluding diaryl/α,β-unsaturated/α-hetero) is 1. The summed E-state index contributed by atoms with van der Waals surface area (Å²) in [6.07, 6.45) is 4.93. The third-order valence-corrected chi connectivity index (χ3v) is 5.67. The maximum Gasteiger partial charge on any atom is 0.236 e. The molecule has 2 aromatic carbocycles. The third-order valence-electron chi connectivity index (χ3n) is 5.67. The van der Waals surface area contributed by atoms with Crippen molar-refractivity contribution < 1.29 is 14.4 Å². The van der Waals surface area contributed by atoms with Crippen LogP contribution >= 0.6 is 0 Å². The van der Waals surface area contributed by atoms with Crippen molar-refractivity contribution in [2.45, 2.75) is 38.5 Å². The normalized spacial score (nSPS) is 19.8. The molecule has 2 amide bonds. The Kier molecular flexibility index (Phi) is 3.91. The van der Waals surface area contributed by atoms with Gasteiger partial charge in [0, 0.05) is 12.0 Å². The van der Waals surface area contributed by atoms with E-state index in [1.54, 1.807) is 6.07 Å². The summed E-state index contributed by atoms with van der Waals surface area (Å²) in [6, 6.07) is 13.3. The largest absolute Gasteiger partial charge is 0.292 e. The van der Waals surface area contributed by atoms with Crippen LogP contribution in [0, 0.1) is 5.41 Å². The number of carbonyl (C=O) groups excluding carboxylic acids is 3. The summed E-state index contributed by atoms with van der Waals surface area (Å²) in [5, 5.41) is 2.05. The standard InChI is InChI=1S/C21H21NO3/c23-18(17-9-8-15-6-2-3-7-16(15)12-17)14-22-19(24)13-21(20(22)25)10-4-1-5-11-21/h2-3,6-9,12H,1,4-5,10-11,13-14H2. The molecule has 25 heavy (non-hydrogen) atoms. The molecule has 0 unspecified atom stereocenters. The molecule has 1 aliphatic carbocycles. The average Bonchev–Trinajstić information content (AvgIpc) is 2.86. The molecule has 2 fully saturated rings. The summed E-state index contributed by atoms with van der Waals surface area (Å²) in [6.45, 7) is -0.141. The minimum atomic E-state index is -0.529. The van der Waals surface area contributed by atoms with Gasteiger partial charge in [-0.05, 0) is 29.7 Å². The molecule has 1 aliphatic heterocycles. The summed E-state index contributed by atoms with van der Waals surface area (Å²) in [4.78, 5) is 39.1. The summed E-state index contributed by atoms with van der Waals surface area (Å²) in [7, 11) is 0. The van der Waals surface area contributed by atoms with E-state index in [2.05, 4.69) is 0 Å². The Morgan fingerprint density at radius 3 is 2.44 bits per heavy atom. The van der Waals surface area contributed by atoms with Crippen LogP contribution in [0.15, 0.2) is 42.5 Å². The summed E-state index contributed by atoms with van der Waals surface area (Å²) in [5.41, 5.74) is 0.0165. The van der Waals surface area contributed by atoms with Crippen LogP contribution in [0.3, 0.4) is 0 Å². The first-order valence-electron chi connectivity index (χ1n) is 8.96. The molecule has 0 bridgehead atoms. The molecular formula is C21H21NO3. The first-order chi connectivity index (χ1) is 12.1. The van der Waals surface area contributed by atoms with Crippen LogP contribution in [0.25, 0.3) is 10.8 Å². The second kappa shape index (κ2) is 6.10. The zero-order valence-electron chi connectivity index (χ0n) is 14.2. The molecule has 0 atom stereocenters. The maximum absolute atomic E-state index is 12.8. The lowest BCUT2D eigenvalue weighted by molar-refractivity contribution is -0.141. The molecule has 4 nitrogen and oxygen atoms in total. The van der Waals surface area contributed by atoms with E-state index in [-0.39, 0.29) is 30.6 Å². The van der Waals surface area contributed by atoms with Crippen LogP contribution in [-0.4, -0.2) is 29.0 Å². The molecular weight excluding hydrogens is 314 g/mol. The van der Waals surface area contributed by atoms with Gasteiger partial charge < -0.3 is 0 Å². The predicted molar refractivity (Wildman–Crippen MR) is 95.1 cm³/mol. The highest BCUT2D eigenvalue weighted by molar-refractivity contribution is 6.11. The van der Waals surface area contributed by atoms with Gasteiger partial charge in [0.2, 0.25) is 11.8 Å². The molecule has 4 rings (SSSR count). The van der Waals surface area contributed by atoms with E-state index >= 15 is 0 Å². The lowest BCUT2D eigenvalue weighted by Gasteiger charge is -2.30. The van der Waals surface area contributed by atoms with E-state index in [9.17, 15) is 14.4 Å². The van der Waals surface area contributed by atoms with Gasteiger partial charge in [-0.3, -0.25) is 19.3 Å². The van der Waals surface area contributed by atoms with Crippen molar-refractivity contribution in [3.8, 4) is 0 Å². The topological polar surface area (TPSA) is 54.5 Å². The Bertz CT molecular complexity index is 864. The number of fused-ring (bicyclic) bond motifs is 1. The fourth-order valence-corrected chi connectivity index (χ4v) is 4.24. The van der Waals surface area contributed by atoms with E-state index in [0.29, 0.717) is 5.56 Å². The zero-order valence-corrected chi connectivity index (χ0v) is 14.2. The van der Waals surface area contributed by atoms with Gasteiger partial charge in [0.15, 0.2) is 5.78 Å². The van der Waals surface area contributed by atoms with Crippen LogP contribution in [-0.2, 0) is 9.59 Å². The number of nitrogens with zero attached hydrogens (tertiary/aromatic N) is 1. The molecule has 0 N–H and O–H groups in total. The molecule has 2 aliphatic rings. The van der Waals surface area contributed by atoms with E-state index in [1.807, 2.05) is 36.4 Å². The van der Waals surface area contributed by atoms with Crippen molar-refractivity contribution >= 4 is 28.4 Å². The SMILES string of the molecule is O=C(CN1C(=O)CC2(CCCCC2)C1=O)c1ccc2ccccc2c1. The first-order valence-corrected chi connectivity index (χ1v) is 8.96. The monoisotopic (exact) mass is 335 g/mol. The minimum absolute atomic E-state index is 0.133. The van der Waals surface area contributed by atoms with Gasteiger partial charge in [0.25, 0.3) is 0 Å². The number of imide groups is 1. The van der Waals surface area contributed by atoms with Gasteiger partial charge in [-0.15, -0.1) is 0 Å². The highest BCUT2D eigenvalue weighted by Gasteiger charge is 2.51. The van der Waals surface area contributed by atoms with Gasteiger partial charge in [-0.25, -0.2) is 0 Å². The van der Waals surface area contributed by atoms with Crippen molar-refractivity contribution in [1.29, 1.82) is 0 Å². The van der Waals surface area contributed by atoms with Crippen LogP contribution in [0.5, 0.6) is 0 Å². The van der Waals surface area contributed by atoms with Gasteiger partial charge in [-0.1, -0.05) is 55.7 Å². The second-order valence-corrected chi connectivity index (χ2v) is 7.29.